The number of carbonyl (C=O) groups excluding carboxylic acids is 1. The van der Waals surface area contributed by atoms with E-state index < -0.39 is 0 Å². The minimum absolute atomic E-state index is 0.0266. The van der Waals surface area contributed by atoms with E-state index in [2.05, 4.69) is 31.3 Å². The Balaban J connectivity index is 2.73. The van der Waals surface area contributed by atoms with Gasteiger partial charge in [-0.2, -0.15) is 0 Å². The molecule has 1 atom stereocenters. The molecule has 1 aromatic carbocycles. The first-order chi connectivity index (χ1) is 6.63. The van der Waals surface area contributed by atoms with Crippen molar-refractivity contribution in [2.75, 3.05) is 5.32 Å². The lowest BCUT2D eigenvalue weighted by atomic mass is 9.99. The molecule has 0 aliphatic carbocycles. The zero-order chi connectivity index (χ0) is 10.6. The van der Waals surface area contributed by atoms with E-state index in [-0.39, 0.29) is 5.91 Å². The lowest BCUT2D eigenvalue weighted by Gasteiger charge is -2.09. The molecule has 0 saturated carbocycles. The zero-order valence-corrected chi connectivity index (χ0v) is 9.00. The van der Waals surface area contributed by atoms with Crippen molar-refractivity contribution in [1.82, 2.24) is 0 Å². The van der Waals surface area contributed by atoms with Crippen molar-refractivity contribution >= 4 is 11.6 Å². The second-order valence-electron chi connectivity index (χ2n) is 3.61. The SMILES string of the molecule is CC[C@H](C)c1ccc(NC(C)=O)cc1. The van der Waals surface area contributed by atoms with Gasteiger partial charge in [-0.3, -0.25) is 4.79 Å². The monoisotopic (exact) mass is 191 g/mol. The Bertz CT molecular complexity index is 303. The standard InChI is InChI=1S/C12H17NO/c1-4-9(2)11-5-7-12(8-6-11)13-10(3)14/h5-9H,4H2,1-3H3,(H,13,14)/t9-/m0/s1. The zero-order valence-electron chi connectivity index (χ0n) is 9.00. The Morgan fingerprint density at radius 2 is 1.93 bits per heavy atom. The largest absolute Gasteiger partial charge is 0.326 e. The van der Waals surface area contributed by atoms with Gasteiger partial charge in [0.2, 0.25) is 5.91 Å². The van der Waals surface area contributed by atoms with Crippen LogP contribution < -0.4 is 5.32 Å². The third-order valence-corrected chi connectivity index (χ3v) is 2.41. The highest BCUT2D eigenvalue weighted by Gasteiger charge is 2.02. The number of hydrogen-bond donors (Lipinski definition) is 1. The average Bonchev–Trinajstić information content (AvgIpc) is 2.17. The first kappa shape index (κ1) is 10.8. The van der Waals surface area contributed by atoms with Crippen LogP contribution in [0.25, 0.3) is 0 Å². The van der Waals surface area contributed by atoms with Gasteiger partial charge in [0.25, 0.3) is 0 Å². The molecule has 0 unspecified atom stereocenters. The van der Waals surface area contributed by atoms with Crippen molar-refractivity contribution in [3.05, 3.63) is 29.8 Å². The Labute approximate surface area is 85.3 Å². The molecule has 0 bridgehead atoms. The summed E-state index contributed by atoms with van der Waals surface area (Å²) in [5.74, 6) is 0.558. The summed E-state index contributed by atoms with van der Waals surface area (Å²) in [6, 6.07) is 8.03. The molecule has 0 radical (unpaired) electrons. The van der Waals surface area contributed by atoms with Crippen LogP contribution in [0.1, 0.15) is 38.7 Å². The number of rotatable bonds is 3. The van der Waals surface area contributed by atoms with E-state index in [1.54, 1.807) is 0 Å². The molecule has 1 rings (SSSR count). The maximum Gasteiger partial charge on any atom is 0.221 e. The molecule has 1 aromatic rings. The van der Waals surface area contributed by atoms with Crippen LogP contribution in [0.4, 0.5) is 5.69 Å². The summed E-state index contributed by atoms with van der Waals surface area (Å²) >= 11 is 0. The van der Waals surface area contributed by atoms with Gasteiger partial charge in [-0.15, -0.1) is 0 Å². The maximum atomic E-state index is 10.8. The van der Waals surface area contributed by atoms with Crippen LogP contribution in [-0.4, -0.2) is 5.91 Å². The Morgan fingerprint density at radius 1 is 1.36 bits per heavy atom. The second-order valence-corrected chi connectivity index (χ2v) is 3.61. The molecule has 0 fully saturated rings. The maximum absolute atomic E-state index is 10.8. The average molecular weight is 191 g/mol. The molecule has 76 valence electrons. The molecule has 0 heterocycles. The van der Waals surface area contributed by atoms with Crippen LogP contribution in [0.5, 0.6) is 0 Å². The molecule has 0 aliphatic rings. The minimum atomic E-state index is -0.0266. The molecule has 1 amide bonds. The fraction of sp³-hybridized carbons (Fsp3) is 0.417. The summed E-state index contributed by atoms with van der Waals surface area (Å²) in [6.07, 6.45) is 1.14. The molecule has 2 heteroatoms. The van der Waals surface area contributed by atoms with Gasteiger partial charge in [0.15, 0.2) is 0 Å². The summed E-state index contributed by atoms with van der Waals surface area (Å²) in [5, 5.41) is 2.75. The summed E-state index contributed by atoms with van der Waals surface area (Å²) < 4.78 is 0. The van der Waals surface area contributed by atoms with E-state index in [1.165, 1.54) is 12.5 Å². The van der Waals surface area contributed by atoms with Crippen molar-refractivity contribution < 1.29 is 4.79 Å². The molecular formula is C12H17NO. The number of carbonyl (C=O) groups is 1. The summed E-state index contributed by atoms with van der Waals surface area (Å²) in [4.78, 5) is 10.8. The van der Waals surface area contributed by atoms with E-state index in [0.29, 0.717) is 5.92 Å². The molecule has 0 aromatic heterocycles. The predicted molar refractivity (Wildman–Crippen MR) is 59.5 cm³/mol. The molecule has 1 N–H and O–H groups in total. The van der Waals surface area contributed by atoms with Crippen LogP contribution in [0.3, 0.4) is 0 Å². The van der Waals surface area contributed by atoms with Gasteiger partial charge in [0.1, 0.15) is 0 Å². The van der Waals surface area contributed by atoms with Crippen LogP contribution in [0, 0.1) is 0 Å². The van der Waals surface area contributed by atoms with Gasteiger partial charge in [0.05, 0.1) is 0 Å². The van der Waals surface area contributed by atoms with Crippen LogP contribution in [0.2, 0.25) is 0 Å². The normalized spacial score (nSPS) is 12.2. The molecule has 0 aliphatic heterocycles. The lowest BCUT2D eigenvalue weighted by Crippen LogP contribution is -2.05. The first-order valence-electron chi connectivity index (χ1n) is 5.01. The highest BCUT2D eigenvalue weighted by atomic mass is 16.1. The van der Waals surface area contributed by atoms with E-state index in [4.69, 9.17) is 0 Å². The topological polar surface area (TPSA) is 29.1 Å². The Morgan fingerprint density at radius 3 is 2.36 bits per heavy atom. The van der Waals surface area contributed by atoms with Gasteiger partial charge in [-0.25, -0.2) is 0 Å². The van der Waals surface area contributed by atoms with Crippen molar-refractivity contribution in [1.29, 1.82) is 0 Å². The van der Waals surface area contributed by atoms with Crippen molar-refractivity contribution in [2.45, 2.75) is 33.1 Å². The fourth-order valence-electron chi connectivity index (χ4n) is 1.33. The minimum Gasteiger partial charge on any atom is -0.326 e. The number of hydrogen-bond acceptors (Lipinski definition) is 1. The molecular weight excluding hydrogens is 174 g/mol. The van der Waals surface area contributed by atoms with Gasteiger partial charge < -0.3 is 5.32 Å². The number of anilines is 1. The van der Waals surface area contributed by atoms with E-state index in [1.807, 2.05) is 12.1 Å². The van der Waals surface area contributed by atoms with Crippen LogP contribution in [0.15, 0.2) is 24.3 Å². The third kappa shape index (κ3) is 2.87. The van der Waals surface area contributed by atoms with Gasteiger partial charge >= 0.3 is 0 Å². The van der Waals surface area contributed by atoms with Crippen molar-refractivity contribution in [3.8, 4) is 0 Å². The lowest BCUT2D eigenvalue weighted by molar-refractivity contribution is -0.114. The molecule has 14 heavy (non-hydrogen) atoms. The summed E-state index contributed by atoms with van der Waals surface area (Å²) in [5.41, 5.74) is 2.19. The van der Waals surface area contributed by atoms with Gasteiger partial charge in [0, 0.05) is 12.6 Å². The molecule has 0 spiro atoms. The third-order valence-electron chi connectivity index (χ3n) is 2.41. The van der Waals surface area contributed by atoms with Crippen LogP contribution in [-0.2, 0) is 4.79 Å². The fourth-order valence-corrected chi connectivity index (χ4v) is 1.33. The number of benzene rings is 1. The Hall–Kier alpha value is -1.31. The van der Waals surface area contributed by atoms with Crippen molar-refractivity contribution in [2.24, 2.45) is 0 Å². The predicted octanol–water partition coefficient (Wildman–Crippen LogP) is 3.16. The smallest absolute Gasteiger partial charge is 0.221 e. The summed E-state index contributed by atoms with van der Waals surface area (Å²) in [6.45, 7) is 5.89. The first-order valence-corrected chi connectivity index (χ1v) is 5.01. The highest BCUT2D eigenvalue weighted by Crippen LogP contribution is 2.20. The Kier molecular flexibility index (Phi) is 3.69. The summed E-state index contributed by atoms with van der Waals surface area (Å²) in [7, 11) is 0. The van der Waals surface area contributed by atoms with Gasteiger partial charge in [-0.05, 0) is 30.0 Å². The van der Waals surface area contributed by atoms with E-state index in [9.17, 15) is 4.79 Å². The van der Waals surface area contributed by atoms with E-state index in [0.717, 1.165) is 12.1 Å². The number of nitrogens with one attached hydrogen (secondary N) is 1. The second kappa shape index (κ2) is 4.80. The molecule has 0 saturated heterocycles. The van der Waals surface area contributed by atoms with Crippen molar-refractivity contribution in [3.63, 3.8) is 0 Å². The van der Waals surface area contributed by atoms with Crippen LogP contribution >= 0.6 is 0 Å². The van der Waals surface area contributed by atoms with Gasteiger partial charge in [-0.1, -0.05) is 26.0 Å². The van der Waals surface area contributed by atoms with E-state index >= 15 is 0 Å². The quantitative estimate of drug-likeness (QED) is 0.781. The number of amides is 1. The highest BCUT2D eigenvalue weighted by molar-refractivity contribution is 5.88. The molecule has 2 nitrogen and oxygen atoms in total.